The SMILES string of the molecule is CC[C@H]1C(=O)N(c2ccc(OC)cc2)[C@@H]1c1ccc(OC)cc1. The predicted octanol–water partition coefficient (Wildman–Crippen LogP) is 3.82. The van der Waals surface area contributed by atoms with Crippen LogP contribution in [0.3, 0.4) is 0 Å². The van der Waals surface area contributed by atoms with Crippen molar-refractivity contribution in [1.82, 2.24) is 0 Å². The maximum atomic E-state index is 12.5. The number of β-lactam (4-membered cyclic amide) rings is 1. The fraction of sp³-hybridized carbons (Fsp3) is 0.316. The molecule has 0 spiro atoms. The average Bonchev–Trinajstić information content (AvgIpc) is 2.61. The number of nitrogens with zero attached hydrogens (tertiary/aromatic N) is 1. The van der Waals surface area contributed by atoms with Crippen LogP contribution in [0.15, 0.2) is 48.5 Å². The van der Waals surface area contributed by atoms with Crippen LogP contribution in [0.2, 0.25) is 0 Å². The topological polar surface area (TPSA) is 38.8 Å². The molecule has 0 unspecified atom stereocenters. The van der Waals surface area contributed by atoms with E-state index in [1.807, 2.05) is 53.4 Å². The highest BCUT2D eigenvalue weighted by Crippen LogP contribution is 2.45. The van der Waals surface area contributed by atoms with Gasteiger partial charge < -0.3 is 14.4 Å². The minimum atomic E-state index is 0.0329. The van der Waals surface area contributed by atoms with Crippen molar-refractivity contribution in [3.05, 3.63) is 54.1 Å². The zero-order valence-electron chi connectivity index (χ0n) is 13.7. The molecule has 4 nitrogen and oxygen atoms in total. The van der Waals surface area contributed by atoms with Crippen LogP contribution in [0.5, 0.6) is 11.5 Å². The Bertz CT molecular complexity index is 679. The second-order valence-corrected chi connectivity index (χ2v) is 5.64. The van der Waals surface area contributed by atoms with Crippen LogP contribution in [0, 0.1) is 5.92 Å². The Morgan fingerprint density at radius 1 is 0.913 bits per heavy atom. The minimum absolute atomic E-state index is 0.0329. The van der Waals surface area contributed by atoms with Crippen LogP contribution < -0.4 is 14.4 Å². The number of hydrogen-bond acceptors (Lipinski definition) is 3. The molecule has 2 aromatic carbocycles. The number of hydrogen-bond donors (Lipinski definition) is 0. The monoisotopic (exact) mass is 311 g/mol. The van der Waals surface area contributed by atoms with Gasteiger partial charge in [0.05, 0.1) is 26.2 Å². The molecule has 2 atom stereocenters. The molecule has 0 bridgehead atoms. The van der Waals surface area contributed by atoms with E-state index in [9.17, 15) is 4.79 Å². The second-order valence-electron chi connectivity index (χ2n) is 5.64. The molecule has 0 saturated carbocycles. The molecule has 3 rings (SSSR count). The van der Waals surface area contributed by atoms with Crippen molar-refractivity contribution >= 4 is 11.6 Å². The summed E-state index contributed by atoms with van der Waals surface area (Å²) in [6, 6.07) is 15.7. The number of anilines is 1. The number of benzene rings is 2. The summed E-state index contributed by atoms with van der Waals surface area (Å²) in [6.45, 7) is 2.06. The van der Waals surface area contributed by atoms with Gasteiger partial charge in [0, 0.05) is 5.69 Å². The number of ether oxygens (including phenoxy) is 2. The molecule has 1 aliphatic rings. The molecule has 0 aromatic heterocycles. The summed E-state index contributed by atoms with van der Waals surface area (Å²) < 4.78 is 10.4. The molecule has 1 saturated heterocycles. The van der Waals surface area contributed by atoms with Crippen molar-refractivity contribution in [1.29, 1.82) is 0 Å². The van der Waals surface area contributed by atoms with Crippen molar-refractivity contribution in [3.63, 3.8) is 0 Å². The summed E-state index contributed by atoms with van der Waals surface area (Å²) in [5, 5.41) is 0. The number of carbonyl (C=O) groups is 1. The molecule has 1 heterocycles. The zero-order chi connectivity index (χ0) is 16.4. The Kier molecular flexibility index (Phi) is 4.24. The van der Waals surface area contributed by atoms with Gasteiger partial charge >= 0.3 is 0 Å². The largest absolute Gasteiger partial charge is 0.497 e. The highest BCUT2D eigenvalue weighted by atomic mass is 16.5. The minimum Gasteiger partial charge on any atom is -0.497 e. The first kappa shape index (κ1) is 15.4. The highest BCUT2D eigenvalue weighted by Gasteiger charge is 2.47. The third-order valence-electron chi connectivity index (χ3n) is 4.46. The lowest BCUT2D eigenvalue weighted by atomic mass is 9.80. The second kappa shape index (κ2) is 6.32. The van der Waals surface area contributed by atoms with E-state index in [0.717, 1.165) is 29.2 Å². The van der Waals surface area contributed by atoms with E-state index in [4.69, 9.17) is 9.47 Å². The lowest BCUT2D eigenvalue weighted by molar-refractivity contribution is -0.130. The van der Waals surface area contributed by atoms with Gasteiger partial charge in [0.1, 0.15) is 11.5 Å². The maximum Gasteiger partial charge on any atom is 0.233 e. The van der Waals surface area contributed by atoms with E-state index in [-0.39, 0.29) is 17.9 Å². The van der Waals surface area contributed by atoms with Crippen LogP contribution in [0.25, 0.3) is 0 Å². The van der Waals surface area contributed by atoms with Crippen molar-refractivity contribution in [2.75, 3.05) is 19.1 Å². The Hall–Kier alpha value is -2.49. The van der Waals surface area contributed by atoms with E-state index in [2.05, 4.69) is 6.92 Å². The number of carbonyl (C=O) groups excluding carboxylic acids is 1. The first-order valence-electron chi connectivity index (χ1n) is 7.80. The van der Waals surface area contributed by atoms with Crippen molar-refractivity contribution < 1.29 is 14.3 Å². The molecule has 2 aromatic rings. The smallest absolute Gasteiger partial charge is 0.233 e. The highest BCUT2D eigenvalue weighted by molar-refractivity contribution is 6.03. The lowest BCUT2D eigenvalue weighted by Gasteiger charge is -2.47. The van der Waals surface area contributed by atoms with Crippen LogP contribution in [0.4, 0.5) is 5.69 Å². The standard InChI is InChI=1S/C19H21NO3/c1-4-17-18(13-5-9-15(22-2)10-6-13)20(19(17)21)14-7-11-16(23-3)12-8-14/h5-12,17-18H,4H2,1-3H3/t17-,18-/m1/s1. The molecule has 120 valence electrons. The van der Waals surface area contributed by atoms with Crippen molar-refractivity contribution in [2.24, 2.45) is 5.92 Å². The van der Waals surface area contributed by atoms with Gasteiger partial charge in [-0.2, -0.15) is 0 Å². The summed E-state index contributed by atoms with van der Waals surface area (Å²) >= 11 is 0. The van der Waals surface area contributed by atoms with Gasteiger partial charge in [-0.1, -0.05) is 19.1 Å². The van der Waals surface area contributed by atoms with Crippen LogP contribution >= 0.6 is 0 Å². The third-order valence-corrected chi connectivity index (χ3v) is 4.46. The van der Waals surface area contributed by atoms with Crippen molar-refractivity contribution in [2.45, 2.75) is 19.4 Å². The van der Waals surface area contributed by atoms with E-state index in [1.165, 1.54) is 0 Å². The van der Waals surface area contributed by atoms with E-state index in [1.54, 1.807) is 14.2 Å². The Morgan fingerprint density at radius 3 is 1.91 bits per heavy atom. The number of rotatable bonds is 5. The number of methoxy groups -OCH3 is 2. The van der Waals surface area contributed by atoms with Gasteiger partial charge in [0.2, 0.25) is 5.91 Å². The number of amides is 1. The molecule has 1 fully saturated rings. The van der Waals surface area contributed by atoms with Crippen LogP contribution in [0.1, 0.15) is 24.9 Å². The van der Waals surface area contributed by atoms with Gasteiger partial charge in [-0.05, 0) is 48.4 Å². The van der Waals surface area contributed by atoms with Crippen molar-refractivity contribution in [3.8, 4) is 11.5 Å². The summed E-state index contributed by atoms with van der Waals surface area (Å²) in [6.07, 6.45) is 0.835. The van der Waals surface area contributed by atoms with Crippen LogP contribution in [-0.4, -0.2) is 20.1 Å². The molecule has 0 N–H and O–H groups in total. The molecule has 1 aliphatic heterocycles. The summed E-state index contributed by atoms with van der Waals surface area (Å²) in [4.78, 5) is 14.4. The lowest BCUT2D eigenvalue weighted by Crippen LogP contribution is -2.55. The Morgan fingerprint density at radius 2 is 1.43 bits per heavy atom. The Balaban J connectivity index is 1.92. The zero-order valence-corrected chi connectivity index (χ0v) is 13.7. The Labute approximate surface area is 136 Å². The molecular formula is C19H21NO3. The van der Waals surface area contributed by atoms with Gasteiger partial charge in [-0.25, -0.2) is 0 Å². The molecule has 1 amide bonds. The summed E-state index contributed by atoms with van der Waals surface area (Å²) in [5.74, 6) is 1.82. The first-order chi connectivity index (χ1) is 11.2. The quantitative estimate of drug-likeness (QED) is 0.788. The van der Waals surface area contributed by atoms with Gasteiger partial charge in [-0.3, -0.25) is 4.79 Å². The fourth-order valence-electron chi connectivity index (χ4n) is 3.16. The summed E-state index contributed by atoms with van der Waals surface area (Å²) in [5.41, 5.74) is 2.04. The molecular weight excluding hydrogens is 290 g/mol. The normalized spacial score (nSPS) is 20.1. The van der Waals surface area contributed by atoms with Crippen LogP contribution in [-0.2, 0) is 4.79 Å². The molecule has 0 aliphatic carbocycles. The summed E-state index contributed by atoms with van der Waals surface area (Å²) in [7, 11) is 3.29. The van der Waals surface area contributed by atoms with Gasteiger partial charge in [-0.15, -0.1) is 0 Å². The van der Waals surface area contributed by atoms with E-state index in [0.29, 0.717) is 0 Å². The van der Waals surface area contributed by atoms with E-state index >= 15 is 0 Å². The molecule has 4 heteroatoms. The third kappa shape index (κ3) is 2.65. The maximum absolute atomic E-state index is 12.5. The van der Waals surface area contributed by atoms with E-state index < -0.39 is 0 Å². The molecule has 23 heavy (non-hydrogen) atoms. The fourth-order valence-corrected chi connectivity index (χ4v) is 3.16. The molecule has 0 radical (unpaired) electrons. The average molecular weight is 311 g/mol. The van der Waals surface area contributed by atoms with Gasteiger partial charge in [0.25, 0.3) is 0 Å². The predicted molar refractivity (Wildman–Crippen MR) is 90.0 cm³/mol. The van der Waals surface area contributed by atoms with Gasteiger partial charge in [0.15, 0.2) is 0 Å². The first-order valence-corrected chi connectivity index (χ1v) is 7.80.